The number of carboxylic acid groups (broad SMARTS) is 1. The Morgan fingerprint density at radius 3 is 2.67 bits per heavy atom. The SMILES string of the molecule is CC1Cc2ccccc2N(C(=O)N2CC(CC(=O)O)C2)C1. The van der Waals surface area contributed by atoms with E-state index in [-0.39, 0.29) is 18.4 Å². The zero-order chi connectivity index (χ0) is 15.0. The van der Waals surface area contributed by atoms with E-state index in [2.05, 4.69) is 13.0 Å². The number of carboxylic acids is 1. The highest BCUT2D eigenvalue weighted by Gasteiger charge is 2.36. The Balaban J connectivity index is 1.70. The van der Waals surface area contributed by atoms with Crippen LogP contribution in [0.5, 0.6) is 0 Å². The number of benzene rings is 1. The molecule has 112 valence electrons. The summed E-state index contributed by atoms with van der Waals surface area (Å²) in [5.41, 5.74) is 2.22. The van der Waals surface area contributed by atoms with Gasteiger partial charge in [0.05, 0.1) is 6.42 Å². The van der Waals surface area contributed by atoms with Gasteiger partial charge in [-0.3, -0.25) is 9.69 Å². The van der Waals surface area contributed by atoms with Crippen molar-refractivity contribution in [1.29, 1.82) is 0 Å². The smallest absolute Gasteiger partial charge is 0.324 e. The molecule has 0 spiro atoms. The highest BCUT2D eigenvalue weighted by Crippen LogP contribution is 2.31. The van der Waals surface area contributed by atoms with Crippen LogP contribution in [-0.4, -0.2) is 41.6 Å². The van der Waals surface area contributed by atoms with E-state index in [0.29, 0.717) is 19.0 Å². The van der Waals surface area contributed by atoms with Crippen LogP contribution in [0.15, 0.2) is 24.3 Å². The maximum absolute atomic E-state index is 12.6. The second-order valence-corrected chi connectivity index (χ2v) is 6.20. The van der Waals surface area contributed by atoms with Gasteiger partial charge in [-0.2, -0.15) is 0 Å². The van der Waals surface area contributed by atoms with Crippen LogP contribution in [-0.2, 0) is 11.2 Å². The average molecular weight is 288 g/mol. The standard InChI is InChI=1S/C16H20N2O3/c1-11-6-13-4-2-3-5-14(13)18(8-11)16(21)17-9-12(10-17)7-15(19)20/h2-5,11-12H,6-10H2,1H3,(H,19,20). The van der Waals surface area contributed by atoms with Crippen molar-refractivity contribution in [2.24, 2.45) is 11.8 Å². The van der Waals surface area contributed by atoms with Gasteiger partial charge in [0.15, 0.2) is 0 Å². The Morgan fingerprint density at radius 1 is 1.24 bits per heavy atom. The summed E-state index contributed by atoms with van der Waals surface area (Å²) < 4.78 is 0. The van der Waals surface area contributed by atoms with E-state index in [9.17, 15) is 9.59 Å². The van der Waals surface area contributed by atoms with Crippen LogP contribution in [0.25, 0.3) is 0 Å². The van der Waals surface area contributed by atoms with E-state index >= 15 is 0 Å². The summed E-state index contributed by atoms with van der Waals surface area (Å²) in [5.74, 6) is -0.243. The van der Waals surface area contributed by atoms with Gasteiger partial charge in [-0.15, -0.1) is 0 Å². The maximum Gasteiger partial charge on any atom is 0.324 e. The second-order valence-electron chi connectivity index (χ2n) is 6.20. The largest absolute Gasteiger partial charge is 0.481 e. The molecular formula is C16H20N2O3. The molecule has 2 aliphatic rings. The molecule has 0 aromatic heterocycles. The normalized spacial score (nSPS) is 21.7. The number of likely N-dealkylation sites (tertiary alicyclic amines) is 1. The maximum atomic E-state index is 12.6. The molecule has 1 saturated heterocycles. The first kappa shape index (κ1) is 13.9. The predicted octanol–water partition coefficient (Wildman–Crippen LogP) is 2.21. The minimum atomic E-state index is -0.788. The topological polar surface area (TPSA) is 60.9 Å². The molecule has 3 rings (SSSR count). The van der Waals surface area contributed by atoms with Crippen molar-refractivity contribution in [3.63, 3.8) is 0 Å². The van der Waals surface area contributed by atoms with Gasteiger partial charge in [-0.1, -0.05) is 25.1 Å². The predicted molar refractivity (Wildman–Crippen MR) is 79.4 cm³/mol. The Morgan fingerprint density at radius 2 is 1.95 bits per heavy atom. The van der Waals surface area contributed by atoms with Crippen molar-refractivity contribution < 1.29 is 14.7 Å². The summed E-state index contributed by atoms with van der Waals surface area (Å²) >= 11 is 0. The van der Waals surface area contributed by atoms with Gasteiger partial charge in [0.1, 0.15) is 0 Å². The lowest BCUT2D eigenvalue weighted by atomic mass is 9.93. The molecule has 2 amide bonds. The molecule has 1 unspecified atom stereocenters. The number of para-hydroxylation sites is 1. The van der Waals surface area contributed by atoms with Gasteiger partial charge in [0.2, 0.25) is 0 Å². The fourth-order valence-electron chi connectivity index (χ4n) is 3.25. The fraction of sp³-hybridized carbons (Fsp3) is 0.500. The molecule has 2 heterocycles. The average Bonchev–Trinajstić information content (AvgIpc) is 2.40. The molecule has 5 nitrogen and oxygen atoms in total. The number of nitrogens with zero attached hydrogens (tertiary/aromatic N) is 2. The number of hydrogen-bond acceptors (Lipinski definition) is 2. The van der Waals surface area contributed by atoms with Crippen LogP contribution in [0.2, 0.25) is 0 Å². The van der Waals surface area contributed by atoms with Crippen molar-refractivity contribution in [1.82, 2.24) is 4.90 Å². The van der Waals surface area contributed by atoms with E-state index in [1.54, 1.807) is 4.90 Å². The van der Waals surface area contributed by atoms with Gasteiger partial charge in [0, 0.05) is 31.2 Å². The number of carbonyl (C=O) groups excluding carboxylic acids is 1. The Kier molecular flexibility index (Phi) is 3.57. The molecule has 0 aliphatic carbocycles. The minimum Gasteiger partial charge on any atom is -0.481 e. The van der Waals surface area contributed by atoms with Crippen molar-refractivity contribution >= 4 is 17.7 Å². The van der Waals surface area contributed by atoms with E-state index in [0.717, 1.165) is 18.7 Å². The summed E-state index contributed by atoms with van der Waals surface area (Å²) in [4.78, 5) is 26.9. The molecular weight excluding hydrogens is 268 g/mol. The molecule has 2 aliphatic heterocycles. The molecule has 1 N–H and O–H groups in total. The molecule has 5 heteroatoms. The minimum absolute atomic E-state index is 0.00985. The number of carbonyl (C=O) groups is 2. The van der Waals surface area contributed by atoms with Gasteiger partial charge in [-0.05, 0) is 24.0 Å². The number of anilines is 1. The van der Waals surface area contributed by atoms with Crippen LogP contribution in [0, 0.1) is 11.8 Å². The van der Waals surface area contributed by atoms with Crippen molar-refractivity contribution in [2.45, 2.75) is 19.8 Å². The highest BCUT2D eigenvalue weighted by atomic mass is 16.4. The quantitative estimate of drug-likeness (QED) is 0.907. The summed E-state index contributed by atoms with van der Waals surface area (Å²) in [6.07, 6.45) is 1.15. The highest BCUT2D eigenvalue weighted by molar-refractivity contribution is 5.94. The molecule has 21 heavy (non-hydrogen) atoms. The first-order valence-electron chi connectivity index (χ1n) is 7.40. The van der Waals surface area contributed by atoms with Crippen LogP contribution in [0.4, 0.5) is 10.5 Å². The van der Waals surface area contributed by atoms with Crippen LogP contribution >= 0.6 is 0 Å². The van der Waals surface area contributed by atoms with Crippen LogP contribution in [0.1, 0.15) is 18.9 Å². The van der Waals surface area contributed by atoms with Gasteiger partial charge >= 0.3 is 12.0 Å². The monoisotopic (exact) mass is 288 g/mol. The third kappa shape index (κ3) is 2.73. The molecule has 1 aromatic carbocycles. The first-order chi connectivity index (χ1) is 10.0. The number of amides is 2. The molecule has 1 atom stereocenters. The second kappa shape index (κ2) is 5.39. The Labute approximate surface area is 124 Å². The number of rotatable bonds is 2. The number of fused-ring (bicyclic) bond motifs is 1. The van der Waals surface area contributed by atoms with Crippen molar-refractivity contribution in [3.8, 4) is 0 Å². The summed E-state index contributed by atoms with van der Waals surface area (Å²) in [6, 6.07) is 8.04. The van der Waals surface area contributed by atoms with Crippen molar-refractivity contribution in [2.75, 3.05) is 24.5 Å². The number of aliphatic carboxylic acids is 1. The fourth-order valence-corrected chi connectivity index (χ4v) is 3.25. The lowest BCUT2D eigenvalue weighted by Crippen LogP contribution is -2.56. The Hall–Kier alpha value is -2.04. The summed E-state index contributed by atoms with van der Waals surface area (Å²) in [5, 5.41) is 8.77. The molecule has 1 aromatic rings. The number of hydrogen-bond donors (Lipinski definition) is 1. The zero-order valence-corrected chi connectivity index (χ0v) is 12.2. The third-order valence-electron chi connectivity index (χ3n) is 4.27. The van der Waals surface area contributed by atoms with Gasteiger partial charge < -0.3 is 10.0 Å². The lowest BCUT2D eigenvalue weighted by molar-refractivity contribution is -0.139. The van der Waals surface area contributed by atoms with Crippen molar-refractivity contribution in [3.05, 3.63) is 29.8 Å². The van der Waals surface area contributed by atoms with Gasteiger partial charge in [-0.25, -0.2) is 4.79 Å². The van der Waals surface area contributed by atoms with Crippen LogP contribution < -0.4 is 4.90 Å². The van der Waals surface area contributed by atoms with E-state index < -0.39 is 5.97 Å². The zero-order valence-electron chi connectivity index (χ0n) is 12.2. The van der Waals surface area contributed by atoms with E-state index in [1.807, 2.05) is 23.1 Å². The Bertz CT molecular complexity index is 566. The number of urea groups is 1. The van der Waals surface area contributed by atoms with Gasteiger partial charge in [0.25, 0.3) is 0 Å². The van der Waals surface area contributed by atoms with Crippen LogP contribution in [0.3, 0.4) is 0 Å². The lowest BCUT2D eigenvalue weighted by Gasteiger charge is -2.43. The molecule has 1 fully saturated rings. The third-order valence-corrected chi connectivity index (χ3v) is 4.27. The molecule has 0 bridgehead atoms. The molecule has 0 saturated carbocycles. The molecule has 0 radical (unpaired) electrons. The summed E-state index contributed by atoms with van der Waals surface area (Å²) in [7, 11) is 0. The summed E-state index contributed by atoms with van der Waals surface area (Å²) in [6.45, 7) is 3.99. The first-order valence-corrected chi connectivity index (χ1v) is 7.40. The van der Waals surface area contributed by atoms with E-state index in [1.165, 1.54) is 5.56 Å². The van der Waals surface area contributed by atoms with E-state index in [4.69, 9.17) is 5.11 Å².